The Morgan fingerprint density at radius 1 is 1.29 bits per heavy atom. The number of para-hydroxylation sites is 1. The number of carbonyl (C=O) groups excluding carboxylic acids is 2. The van der Waals surface area contributed by atoms with Crippen molar-refractivity contribution in [3.63, 3.8) is 0 Å². The molecule has 0 aliphatic carbocycles. The molecule has 3 N–H and O–H groups in total. The number of alkyl halides is 2. The topological polar surface area (TPSA) is 90.6 Å². The number of ether oxygens (including phenoxy) is 2. The summed E-state index contributed by atoms with van der Waals surface area (Å²) < 4.78 is 34.5. The van der Waals surface area contributed by atoms with E-state index in [2.05, 4.69) is 10.1 Å². The fraction of sp³-hybridized carbons (Fsp3) is 0.375. The Morgan fingerprint density at radius 2 is 1.96 bits per heavy atom. The summed E-state index contributed by atoms with van der Waals surface area (Å²) >= 11 is 0. The van der Waals surface area contributed by atoms with E-state index in [9.17, 15) is 18.4 Å². The van der Waals surface area contributed by atoms with Gasteiger partial charge in [-0.05, 0) is 18.1 Å². The normalized spacial score (nSPS) is 12.5. The van der Waals surface area contributed by atoms with Crippen LogP contribution in [0.1, 0.15) is 19.4 Å². The van der Waals surface area contributed by atoms with Crippen molar-refractivity contribution in [2.24, 2.45) is 11.7 Å². The van der Waals surface area contributed by atoms with Gasteiger partial charge in [0.2, 0.25) is 11.8 Å². The average Bonchev–Trinajstić information content (AvgIpc) is 2.50. The van der Waals surface area contributed by atoms with Crippen LogP contribution in [0.2, 0.25) is 0 Å². The van der Waals surface area contributed by atoms with E-state index in [1.165, 1.54) is 25.3 Å². The molecule has 0 heterocycles. The summed E-state index contributed by atoms with van der Waals surface area (Å²) in [6.07, 6.45) is 2.39. The predicted molar refractivity (Wildman–Crippen MR) is 84.6 cm³/mol. The molecule has 0 aliphatic rings. The molecule has 1 aromatic rings. The van der Waals surface area contributed by atoms with Gasteiger partial charge in [0.25, 0.3) is 0 Å². The van der Waals surface area contributed by atoms with E-state index in [1.807, 2.05) is 0 Å². The molecule has 0 aliphatic heterocycles. The van der Waals surface area contributed by atoms with Crippen molar-refractivity contribution in [2.75, 3.05) is 7.11 Å². The lowest BCUT2D eigenvalue weighted by Gasteiger charge is -2.17. The quantitative estimate of drug-likeness (QED) is 0.706. The lowest BCUT2D eigenvalue weighted by molar-refractivity contribution is -0.126. The van der Waals surface area contributed by atoms with E-state index in [0.717, 1.165) is 6.08 Å². The third kappa shape index (κ3) is 5.53. The molecule has 1 atom stereocenters. The van der Waals surface area contributed by atoms with Gasteiger partial charge >= 0.3 is 6.61 Å². The molecule has 6 nitrogen and oxygen atoms in total. The highest BCUT2D eigenvalue weighted by Crippen LogP contribution is 2.33. The number of hydrogen-bond donors (Lipinski definition) is 2. The molecule has 0 saturated carbocycles. The summed E-state index contributed by atoms with van der Waals surface area (Å²) in [6, 6.07) is 3.67. The molecule has 1 aromatic carbocycles. The average molecular weight is 342 g/mol. The first-order chi connectivity index (χ1) is 11.3. The maximum Gasteiger partial charge on any atom is 0.387 e. The van der Waals surface area contributed by atoms with Crippen molar-refractivity contribution in [3.8, 4) is 11.5 Å². The van der Waals surface area contributed by atoms with E-state index < -0.39 is 24.5 Å². The second-order valence-corrected chi connectivity index (χ2v) is 5.22. The van der Waals surface area contributed by atoms with Crippen LogP contribution >= 0.6 is 0 Å². The van der Waals surface area contributed by atoms with Crippen LogP contribution in [0.4, 0.5) is 8.78 Å². The van der Waals surface area contributed by atoms with Crippen molar-refractivity contribution < 1.29 is 27.8 Å². The van der Waals surface area contributed by atoms with Crippen molar-refractivity contribution >= 4 is 17.9 Å². The van der Waals surface area contributed by atoms with Gasteiger partial charge in [0.1, 0.15) is 6.04 Å². The van der Waals surface area contributed by atoms with Gasteiger partial charge in [0, 0.05) is 11.6 Å². The molecule has 1 unspecified atom stereocenters. The Morgan fingerprint density at radius 3 is 2.46 bits per heavy atom. The SMILES string of the molecule is COc1cccc(C=CC(=O)NC(C(N)=O)C(C)C)c1OC(F)F. The van der Waals surface area contributed by atoms with Gasteiger partial charge in [-0.2, -0.15) is 8.78 Å². The largest absolute Gasteiger partial charge is 0.493 e. The molecule has 0 bridgehead atoms. The number of amides is 2. The van der Waals surface area contributed by atoms with Crippen LogP contribution in [0.25, 0.3) is 6.08 Å². The Bertz CT molecular complexity index is 618. The summed E-state index contributed by atoms with van der Waals surface area (Å²) in [6.45, 7) is 0.425. The first-order valence-corrected chi connectivity index (χ1v) is 7.16. The standard InChI is InChI=1S/C16H20F2N2O4/c1-9(2)13(15(19)22)20-12(21)8-7-10-5-4-6-11(23-3)14(10)24-16(17)18/h4-9,13,16H,1-3H3,(H2,19,22)(H,20,21). The minimum Gasteiger partial charge on any atom is -0.493 e. The number of methoxy groups -OCH3 is 1. The Kier molecular flexibility index (Phi) is 7.16. The van der Waals surface area contributed by atoms with Gasteiger partial charge in [-0.1, -0.05) is 26.0 Å². The van der Waals surface area contributed by atoms with Crippen LogP contribution < -0.4 is 20.5 Å². The van der Waals surface area contributed by atoms with Crippen LogP contribution in [-0.2, 0) is 9.59 Å². The summed E-state index contributed by atoms with van der Waals surface area (Å²) in [7, 11) is 1.31. The first kappa shape index (κ1) is 19.4. The number of rotatable bonds is 8. The fourth-order valence-corrected chi connectivity index (χ4v) is 1.97. The number of benzene rings is 1. The van der Waals surface area contributed by atoms with Crippen LogP contribution in [0.15, 0.2) is 24.3 Å². The maximum atomic E-state index is 12.5. The highest BCUT2D eigenvalue weighted by Gasteiger charge is 2.20. The Labute approximate surface area is 138 Å². The van der Waals surface area contributed by atoms with Crippen molar-refractivity contribution in [1.29, 1.82) is 0 Å². The van der Waals surface area contributed by atoms with E-state index in [0.29, 0.717) is 0 Å². The Hall–Kier alpha value is -2.64. The number of nitrogens with one attached hydrogen (secondary N) is 1. The van der Waals surface area contributed by atoms with E-state index >= 15 is 0 Å². The second kappa shape index (κ2) is 8.85. The zero-order valence-corrected chi connectivity index (χ0v) is 13.6. The fourth-order valence-electron chi connectivity index (χ4n) is 1.97. The predicted octanol–water partition coefficient (Wildman–Crippen LogP) is 1.94. The van der Waals surface area contributed by atoms with E-state index in [1.54, 1.807) is 19.9 Å². The molecule has 8 heteroatoms. The maximum absolute atomic E-state index is 12.5. The van der Waals surface area contributed by atoms with Gasteiger partial charge in [-0.15, -0.1) is 0 Å². The molecule has 1 rings (SSSR count). The Balaban J connectivity index is 2.97. The lowest BCUT2D eigenvalue weighted by atomic mass is 10.0. The van der Waals surface area contributed by atoms with Gasteiger partial charge in [-0.25, -0.2) is 0 Å². The van der Waals surface area contributed by atoms with Gasteiger partial charge in [0.05, 0.1) is 7.11 Å². The summed E-state index contributed by atoms with van der Waals surface area (Å²) in [5, 5.41) is 2.45. The molecule has 0 aromatic heterocycles. The van der Waals surface area contributed by atoms with Crippen LogP contribution in [0.3, 0.4) is 0 Å². The third-order valence-corrected chi connectivity index (χ3v) is 3.12. The highest BCUT2D eigenvalue weighted by molar-refractivity contribution is 5.95. The smallest absolute Gasteiger partial charge is 0.387 e. The van der Waals surface area contributed by atoms with Crippen molar-refractivity contribution in [1.82, 2.24) is 5.32 Å². The third-order valence-electron chi connectivity index (χ3n) is 3.12. The number of carbonyl (C=O) groups is 2. The summed E-state index contributed by atoms with van der Waals surface area (Å²) in [4.78, 5) is 23.2. The van der Waals surface area contributed by atoms with Gasteiger partial charge in [-0.3, -0.25) is 9.59 Å². The summed E-state index contributed by atoms with van der Waals surface area (Å²) in [5.41, 5.74) is 5.44. The van der Waals surface area contributed by atoms with Gasteiger partial charge in [0.15, 0.2) is 11.5 Å². The molecular weight excluding hydrogens is 322 g/mol. The van der Waals surface area contributed by atoms with Crippen LogP contribution in [0, 0.1) is 5.92 Å². The van der Waals surface area contributed by atoms with Crippen molar-refractivity contribution in [2.45, 2.75) is 26.5 Å². The van der Waals surface area contributed by atoms with E-state index in [-0.39, 0.29) is 23.0 Å². The van der Waals surface area contributed by atoms with Crippen molar-refractivity contribution in [3.05, 3.63) is 29.8 Å². The number of halogens is 2. The zero-order chi connectivity index (χ0) is 18.3. The molecule has 2 amide bonds. The molecule has 0 radical (unpaired) electrons. The number of primary amides is 1. The molecule has 24 heavy (non-hydrogen) atoms. The molecule has 132 valence electrons. The molecule has 0 fully saturated rings. The first-order valence-electron chi connectivity index (χ1n) is 7.16. The van der Waals surface area contributed by atoms with Gasteiger partial charge < -0.3 is 20.5 Å². The van der Waals surface area contributed by atoms with Crippen LogP contribution in [0.5, 0.6) is 11.5 Å². The minimum atomic E-state index is -3.04. The highest BCUT2D eigenvalue weighted by atomic mass is 19.3. The van der Waals surface area contributed by atoms with Crippen LogP contribution in [-0.4, -0.2) is 31.6 Å². The molecular formula is C16H20F2N2O4. The lowest BCUT2D eigenvalue weighted by Crippen LogP contribution is -2.47. The monoisotopic (exact) mass is 342 g/mol. The second-order valence-electron chi connectivity index (χ2n) is 5.22. The summed E-state index contributed by atoms with van der Waals surface area (Å²) in [5.74, 6) is -1.51. The number of hydrogen-bond acceptors (Lipinski definition) is 4. The zero-order valence-electron chi connectivity index (χ0n) is 13.6. The van der Waals surface area contributed by atoms with E-state index in [4.69, 9.17) is 10.5 Å². The molecule has 0 spiro atoms. The number of nitrogens with two attached hydrogens (primary N) is 1. The molecule has 0 saturated heterocycles. The minimum absolute atomic E-state index is 0.107.